The summed E-state index contributed by atoms with van der Waals surface area (Å²) in [6.07, 6.45) is 0.404. The van der Waals surface area contributed by atoms with Crippen molar-refractivity contribution in [1.82, 2.24) is 0 Å². The summed E-state index contributed by atoms with van der Waals surface area (Å²) in [5.74, 6) is -0.278. The minimum absolute atomic E-state index is 0.278. The minimum Gasteiger partial charge on any atom is -0.397 e. The maximum atomic E-state index is 13.4. The maximum Gasteiger partial charge on any atom is 0.138 e. The molecule has 0 bridgehead atoms. The molecule has 3 nitrogen and oxygen atoms in total. The number of nitrogens with two attached hydrogens (primary N) is 1. The number of nitriles is 1. The topological polar surface area (TPSA) is 53.0 Å². The number of hydrogen-bond donors (Lipinski definition) is 1. The van der Waals surface area contributed by atoms with E-state index in [1.165, 1.54) is 6.07 Å². The van der Waals surface area contributed by atoms with Crippen LogP contribution in [0.4, 0.5) is 15.8 Å². The first-order chi connectivity index (χ1) is 7.60. The second-order valence-corrected chi connectivity index (χ2v) is 4.48. The Morgan fingerprint density at radius 3 is 2.81 bits per heavy atom. The number of benzene rings is 1. The van der Waals surface area contributed by atoms with Crippen molar-refractivity contribution in [2.45, 2.75) is 13.3 Å². The molecule has 0 spiro atoms. The zero-order valence-corrected chi connectivity index (χ0v) is 11.2. The van der Waals surface area contributed by atoms with Gasteiger partial charge in [-0.1, -0.05) is 0 Å². The van der Waals surface area contributed by atoms with Gasteiger partial charge in [0.25, 0.3) is 0 Å². The predicted molar refractivity (Wildman–Crippen MR) is 71.6 cm³/mol. The fraction of sp³-hybridized carbons (Fsp3) is 0.364. The van der Waals surface area contributed by atoms with Gasteiger partial charge in [-0.15, -0.1) is 0 Å². The van der Waals surface area contributed by atoms with Crippen molar-refractivity contribution >= 4 is 34.0 Å². The Labute approximate surface area is 108 Å². The first kappa shape index (κ1) is 13.0. The average Bonchev–Trinajstić information content (AvgIpc) is 2.26. The highest BCUT2D eigenvalue weighted by molar-refractivity contribution is 14.1. The van der Waals surface area contributed by atoms with Crippen LogP contribution in [0.1, 0.15) is 13.3 Å². The summed E-state index contributed by atoms with van der Waals surface area (Å²) < 4.78 is 13.9. The molecular weight excluding hydrogens is 320 g/mol. The van der Waals surface area contributed by atoms with Crippen LogP contribution in [0.2, 0.25) is 0 Å². The molecule has 0 saturated carbocycles. The number of rotatable bonds is 4. The van der Waals surface area contributed by atoms with Gasteiger partial charge in [0.15, 0.2) is 0 Å². The van der Waals surface area contributed by atoms with Crippen LogP contribution in [-0.2, 0) is 0 Å². The molecular formula is C11H13FIN3. The van der Waals surface area contributed by atoms with Crippen molar-refractivity contribution in [3.05, 3.63) is 21.5 Å². The zero-order valence-electron chi connectivity index (χ0n) is 9.00. The number of hydrogen-bond acceptors (Lipinski definition) is 3. The number of nitrogens with zero attached hydrogens (tertiary/aromatic N) is 2. The Hall–Kier alpha value is -1.03. The molecule has 0 radical (unpaired) electrons. The summed E-state index contributed by atoms with van der Waals surface area (Å²) in [7, 11) is 0. The number of halogens is 2. The standard InChI is InChI=1S/C11H13FIN3/c1-2-16(5-3-4-14)11-6-8(12)9(13)7-10(11)15/h6-7H,2-3,5,15H2,1H3. The van der Waals surface area contributed by atoms with Crippen LogP contribution in [0.5, 0.6) is 0 Å². The fourth-order valence-corrected chi connectivity index (χ4v) is 1.95. The van der Waals surface area contributed by atoms with Crippen molar-refractivity contribution in [3.63, 3.8) is 0 Å². The monoisotopic (exact) mass is 333 g/mol. The molecule has 1 aromatic rings. The van der Waals surface area contributed by atoms with E-state index < -0.39 is 0 Å². The third-order valence-electron chi connectivity index (χ3n) is 2.29. The quantitative estimate of drug-likeness (QED) is 0.681. The van der Waals surface area contributed by atoms with E-state index >= 15 is 0 Å². The summed E-state index contributed by atoms with van der Waals surface area (Å²) in [6.45, 7) is 3.22. The second-order valence-electron chi connectivity index (χ2n) is 3.31. The molecule has 0 unspecified atom stereocenters. The van der Waals surface area contributed by atoms with Crippen LogP contribution >= 0.6 is 22.6 Å². The molecule has 1 aromatic carbocycles. The van der Waals surface area contributed by atoms with Crippen LogP contribution in [0.3, 0.4) is 0 Å². The SMILES string of the molecule is CCN(CCC#N)c1cc(F)c(I)cc1N. The van der Waals surface area contributed by atoms with Gasteiger partial charge in [0, 0.05) is 19.2 Å². The van der Waals surface area contributed by atoms with Gasteiger partial charge in [-0.05, 0) is 35.6 Å². The van der Waals surface area contributed by atoms with E-state index in [4.69, 9.17) is 11.0 Å². The summed E-state index contributed by atoms with van der Waals surface area (Å²) in [5, 5.41) is 8.54. The summed E-state index contributed by atoms with van der Waals surface area (Å²) in [6, 6.07) is 5.11. The highest BCUT2D eigenvalue weighted by Gasteiger charge is 2.11. The zero-order chi connectivity index (χ0) is 12.1. The second kappa shape index (κ2) is 5.89. The van der Waals surface area contributed by atoms with Crippen molar-refractivity contribution < 1.29 is 4.39 Å². The van der Waals surface area contributed by atoms with Crippen molar-refractivity contribution in [2.75, 3.05) is 23.7 Å². The van der Waals surface area contributed by atoms with Crippen LogP contribution in [-0.4, -0.2) is 13.1 Å². The molecule has 1 rings (SSSR count). The lowest BCUT2D eigenvalue weighted by molar-refractivity contribution is 0.619. The molecule has 16 heavy (non-hydrogen) atoms. The summed E-state index contributed by atoms with van der Waals surface area (Å²) in [5.41, 5.74) is 7.05. The van der Waals surface area contributed by atoms with E-state index in [0.717, 1.165) is 0 Å². The molecule has 5 heteroatoms. The molecule has 0 heterocycles. The van der Waals surface area contributed by atoms with Crippen molar-refractivity contribution in [3.8, 4) is 6.07 Å². The van der Waals surface area contributed by atoms with Gasteiger partial charge in [-0.25, -0.2) is 4.39 Å². The molecule has 0 fully saturated rings. The molecule has 86 valence electrons. The summed E-state index contributed by atoms with van der Waals surface area (Å²) in [4.78, 5) is 1.90. The lowest BCUT2D eigenvalue weighted by Gasteiger charge is -2.23. The van der Waals surface area contributed by atoms with Crippen LogP contribution < -0.4 is 10.6 Å². The molecule has 0 amide bonds. The molecule has 0 aromatic heterocycles. The van der Waals surface area contributed by atoms with E-state index in [0.29, 0.717) is 34.5 Å². The normalized spacial score (nSPS) is 9.88. The lowest BCUT2D eigenvalue weighted by atomic mass is 10.2. The van der Waals surface area contributed by atoms with Gasteiger partial charge < -0.3 is 10.6 Å². The summed E-state index contributed by atoms with van der Waals surface area (Å²) >= 11 is 1.91. The Morgan fingerprint density at radius 1 is 1.56 bits per heavy atom. The van der Waals surface area contributed by atoms with Crippen molar-refractivity contribution in [1.29, 1.82) is 5.26 Å². The van der Waals surface area contributed by atoms with Crippen LogP contribution in [0, 0.1) is 20.7 Å². The van der Waals surface area contributed by atoms with E-state index in [9.17, 15) is 4.39 Å². The third-order valence-corrected chi connectivity index (χ3v) is 3.11. The highest BCUT2D eigenvalue weighted by Crippen LogP contribution is 2.27. The van der Waals surface area contributed by atoms with Gasteiger partial charge in [-0.2, -0.15) is 5.26 Å². The predicted octanol–water partition coefficient (Wildman–Crippen LogP) is 2.75. The first-order valence-electron chi connectivity index (χ1n) is 4.96. The Kier molecular flexibility index (Phi) is 4.80. The number of anilines is 2. The van der Waals surface area contributed by atoms with Gasteiger partial charge >= 0.3 is 0 Å². The van der Waals surface area contributed by atoms with E-state index in [1.54, 1.807) is 6.07 Å². The molecule has 2 N–H and O–H groups in total. The average molecular weight is 333 g/mol. The minimum atomic E-state index is -0.278. The largest absolute Gasteiger partial charge is 0.397 e. The van der Waals surface area contributed by atoms with Gasteiger partial charge in [-0.3, -0.25) is 0 Å². The molecule has 0 atom stereocenters. The Bertz CT molecular complexity index is 414. The van der Waals surface area contributed by atoms with Gasteiger partial charge in [0.1, 0.15) is 5.82 Å². The van der Waals surface area contributed by atoms with E-state index in [-0.39, 0.29) is 5.82 Å². The molecule has 0 aliphatic carbocycles. The van der Waals surface area contributed by atoms with Crippen molar-refractivity contribution in [2.24, 2.45) is 0 Å². The van der Waals surface area contributed by atoms with Crippen LogP contribution in [0.25, 0.3) is 0 Å². The van der Waals surface area contributed by atoms with E-state index in [2.05, 4.69) is 6.07 Å². The Balaban J connectivity index is 3.01. The molecule has 0 aliphatic rings. The van der Waals surface area contributed by atoms with Gasteiger partial charge in [0.2, 0.25) is 0 Å². The molecule has 0 saturated heterocycles. The van der Waals surface area contributed by atoms with Crippen LogP contribution in [0.15, 0.2) is 12.1 Å². The smallest absolute Gasteiger partial charge is 0.138 e. The Morgan fingerprint density at radius 2 is 2.25 bits per heavy atom. The molecule has 0 aliphatic heterocycles. The van der Waals surface area contributed by atoms with Gasteiger partial charge in [0.05, 0.1) is 27.4 Å². The van der Waals surface area contributed by atoms with E-state index in [1.807, 2.05) is 34.4 Å². The first-order valence-corrected chi connectivity index (χ1v) is 6.04. The maximum absolute atomic E-state index is 13.4. The fourth-order valence-electron chi connectivity index (χ4n) is 1.46. The number of nitrogen functional groups attached to an aromatic ring is 1. The highest BCUT2D eigenvalue weighted by atomic mass is 127. The third kappa shape index (κ3) is 2.98. The lowest BCUT2D eigenvalue weighted by Crippen LogP contribution is -2.24.